The van der Waals surface area contributed by atoms with Crippen molar-refractivity contribution in [1.82, 2.24) is 0 Å². The van der Waals surface area contributed by atoms with E-state index in [-0.39, 0.29) is 0 Å². The SMILES string of the molecule is Cc1sc(C(Br)C2CC2)cc1Br. The summed E-state index contributed by atoms with van der Waals surface area (Å²) in [6, 6.07) is 2.25. The molecule has 0 aromatic carbocycles. The van der Waals surface area contributed by atoms with Gasteiger partial charge < -0.3 is 0 Å². The lowest BCUT2D eigenvalue weighted by atomic mass is 10.2. The Morgan fingerprint density at radius 3 is 2.67 bits per heavy atom. The Morgan fingerprint density at radius 2 is 2.25 bits per heavy atom. The predicted octanol–water partition coefficient (Wildman–Crippen LogP) is 4.67. The second-order valence-electron chi connectivity index (χ2n) is 3.29. The van der Waals surface area contributed by atoms with Crippen LogP contribution in [0.5, 0.6) is 0 Å². The summed E-state index contributed by atoms with van der Waals surface area (Å²) in [7, 11) is 0. The molecule has 3 heteroatoms. The maximum Gasteiger partial charge on any atom is 0.0517 e. The van der Waals surface area contributed by atoms with Crippen LogP contribution < -0.4 is 0 Å². The van der Waals surface area contributed by atoms with Crippen molar-refractivity contribution in [3.05, 3.63) is 20.3 Å². The van der Waals surface area contributed by atoms with Crippen LogP contribution in [-0.4, -0.2) is 0 Å². The molecular formula is C9H10Br2S. The highest BCUT2D eigenvalue weighted by molar-refractivity contribution is 9.10. The van der Waals surface area contributed by atoms with Gasteiger partial charge in [0.15, 0.2) is 0 Å². The molecule has 0 N–H and O–H groups in total. The third-order valence-corrected chi connectivity index (χ3v) is 5.95. The molecule has 0 radical (unpaired) electrons. The minimum atomic E-state index is 0.604. The van der Waals surface area contributed by atoms with Gasteiger partial charge in [-0.1, -0.05) is 15.9 Å². The van der Waals surface area contributed by atoms with E-state index < -0.39 is 0 Å². The van der Waals surface area contributed by atoms with E-state index in [9.17, 15) is 0 Å². The largest absolute Gasteiger partial charge is 0.143 e. The second-order valence-corrected chi connectivity index (χ2v) is 6.42. The van der Waals surface area contributed by atoms with Gasteiger partial charge in [-0.3, -0.25) is 0 Å². The summed E-state index contributed by atoms with van der Waals surface area (Å²) in [6.07, 6.45) is 2.79. The summed E-state index contributed by atoms with van der Waals surface area (Å²) in [5.74, 6) is 0.898. The summed E-state index contributed by atoms with van der Waals surface area (Å²) in [6.45, 7) is 2.16. The third-order valence-electron chi connectivity index (χ3n) is 2.18. The molecule has 0 aliphatic heterocycles. The molecule has 0 nitrogen and oxygen atoms in total. The fourth-order valence-corrected chi connectivity index (χ4v) is 3.81. The maximum absolute atomic E-state index is 3.75. The van der Waals surface area contributed by atoms with Gasteiger partial charge in [-0.05, 0) is 47.7 Å². The van der Waals surface area contributed by atoms with Gasteiger partial charge in [0.1, 0.15) is 0 Å². The first-order chi connectivity index (χ1) is 5.68. The van der Waals surface area contributed by atoms with Crippen molar-refractivity contribution in [3.63, 3.8) is 0 Å². The lowest BCUT2D eigenvalue weighted by Crippen LogP contribution is -1.86. The molecule has 12 heavy (non-hydrogen) atoms. The minimum absolute atomic E-state index is 0.604. The average Bonchev–Trinajstić information content (AvgIpc) is 2.80. The number of aryl methyl sites for hydroxylation is 1. The third kappa shape index (κ3) is 1.78. The average molecular weight is 310 g/mol. The Morgan fingerprint density at radius 1 is 1.58 bits per heavy atom. The molecule has 0 amide bonds. The lowest BCUT2D eigenvalue weighted by molar-refractivity contribution is 0.836. The lowest BCUT2D eigenvalue weighted by Gasteiger charge is -2.02. The van der Waals surface area contributed by atoms with E-state index in [4.69, 9.17) is 0 Å². The Kier molecular flexibility index (Phi) is 2.64. The first kappa shape index (κ1) is 9.22. The molecule has 1 aliphatic rings. The Hall–Kier alpha value is 0.660. The fraction of sp³-hybridized carbons (Fsp3) is 0.556. The zero-order valence-corrected chi connectivity index (χ0v) is 10.8. The first-order valence-corrected chi connectivity index (χ1v) is 6.61. The summed E-state index contributed by atoms with van der Waals surface area (Å²) in [4.78, 5) is 3.46. The molecule has 1 aromatic heterocycles. The van der Waals surface area contributed by atoms with Gasteiger partial charge >= 0.3 is 0 Å². The van der Waals surface area contributed by atoms with Crippen LogP contribution in [0.2, 0.25) is 0 Å². The van der Waals surface area contributed by atoms with Crippen molar-refractivity contribution >= 4 is 43.2 Å². The van der Waals surface area contributed by atoms with Gasteiger partial charge in [-0.2, -0.15) is 0 Å². The molecule has 1 saturated carbocycles. The van der Waals surface area contributed by atoms with Crippen LogP contribution in [0.4, 0.5) is 0 Å². The molecule has 0 saturated heterocycles. The van der Waals surface area contributed by atoms with Crippen molar-refractivity contribution in [1.29, 1.82) is 0 Å². The van der Waals surface area contributed by atoms with Crippen LogP contribution in [0.3, 0.4) is 0 Å². The molecule has 1 aromatic rings. The monoisotopic (exact) mass is 308 g/mol. The Bertz CT molecular complexity index is 269. The molecular weight excluding hydrogens is 300 g/mol. The highest BCUT2D eigenvalue weighted by Gasteiger charge is 2.31. The zero-order chi connectivity index (χ0) is 8.72. The van der Waals surface area contributed by atoms with Crippen molar-refractivity contribution in [2.75, 3.05) is 0 Å². The normalized spacial score (nSPS) is 19.6. The number of thiophene rings is 1. The van der Waals surface area contributed by atoms with Gasteiger partial charge in [0, 0.05) is 14.2 Å². The fourth-order valence-electron chi connectivity index (χ4n) is 1.24. The van der Waals surface area contributed by atoms with Crippen molar-refractivity contribution in [2.24, 2.45) is 5.92 Å². The van der Waals surface area contributed by atoms with Gasteiger partial charge in [0.2, 0.25) is 0 Å². The van der Waals surface area contributed by atoms with Crippen LogP contribution in [0, 0.1) is 12.8 Å². The Balaban J connectivity index is 2.21. The zero-order valence-electron chi connectivity index (χ0n) is 6.81. The molecule has 0 spiro atoms. The van der Waals surface area contributed by atoms with E-state index in [0.29, 0.717) is 4.83 Å². The van der Waals surface area contributed by atoms with E-state index >= 15 is 0 Å². The van der Waals surface area contributed by atoms with Gasteiger partial charge in [-0.15, -0.1) is 11.3 Å². The molecule has 66 valence electrons. The van der Waals surface area contributed by atoms with Crippen LogP contribution in [-0.2, 0) is 0 Å². The van der Waals surface area contributed by atoms with Gasteiger partial charge in [0.25, 0.3) is 0 Å². The van der Waals surface area contributed by atoms with Gasteiger partial charge in [-0.25, -0.2) is 0 Å². The highest BCUT2D eigenvalue weighted by atomic mass is 79.9. The number of halogens is 2. The van der Waals surface area contributed by atoms with E-state index in [1.807, 2.05) is 11.3 Å². The van der Waals surface area contributed by atoms with Crippen LogP contribution in [0.1, 0.15) is 27.4 Å². The minimum Gasteiger partial charge on any atom is -0.143 e. The summed E-state index contributed by atoms with van der Waals surface area (Å²) >= 11 is 9.19. The summed E-state index contributed by atoms with van der Waals surface area (Å²) in [5.41, 5.74) is 0. The molecule has 1 aliphatic carbocycles. The van der Waals surface area contributed by atoms with E-state index in [1.165, 1.54) is 27.1 Å². The highest BCUT2D eigenvalue weighted by Crippen LogP contribution is 2.48. The van der Waals surface area contributed by atoms with E-state index in [1.54, 1.807) is 0 Å². The Labute approximate surface area is 93.6 Å². The van der Waals surface area contributed by atoms with Crippen LogP contribution >= 0.6 is 43.2 Å². The van der Waals surface area contributed by atoms with Crippen LogP contribution in [0.25, 0.3) is 0 Å². The molecule has 1 atom stereocenters. The maximum atomic E-state index is 3.75. The standard InChI is InChI=1S/C9H10Br2S/c1-5-7(10)4-8(12-5)9(11)6-2-3-6/h4,6,9H,2-3H2,1H3. The molecule has 2 rings (SSSR count). The quantitative estimate of drug-likeness (QED) is 0.697. The molecule has 1 unspecified atom stereocenters. The predicted molar refractivity (Wildman–Crippen MR) is 61.1 cm³/mol. The number of rotatable bonds is 2. The molecule has 1 heterocycles. The topological polar surface area (TPSA) is 0 Å². The second kappa shape index (κ2) is 3.43. The first-order valence-electron chi connectivity index (χ1n) is 4.08. The van der Waals surface area contributed by atoms with Crippen molar-refractivity contribution in [3.8, 4) is 0 Å². The van der Waals surface area contributed by atoms with E-state index in [2.05, 4.69) is 44.8 Å². The van der Waals surface area contributed by atoms with E-state index in [0.717, 1.165) is 5.92 Å². The summed E-state index contributed by atoms with van der Waals surface area (Å²) in [5, 5.41) is 0. The molecule has 1 fully saturated rings. The summed E-state index contributed by atoms with van der Waals surface area (Å²) < 4.78 is 1.26. The van der Waals surface area contributed by atoms with Crippen molar-refractivity contribution < 1.29 is 0 Å². The number of hydrogen-bond acceptors (Lipinski definition) is 1. The van der Waals surface area contributed by atoms with Crippen LogP contribution in [0.15, 0.2) is 10.5 Å². The number of hydrogen-bond donors (Lipinski definition) is 0. The molecule has 0 bridgehead atoms. The van der Waals surface area contributed by atoms with Gasteiger partial charge in [0.05, 0.1) is 4.83 Å². The van der Waals surface area contributed by atoms with Crippen molar-refractivity contribution in [2.45, 2.75) is 24.6 Å². The number of alkyl halides is 1. The smallest absolute Gasteiger partial charge is 0.0517 e.